The summed E-state index contributed by atoms with van der Waals surface area (Å²) in [5.74, 6) is -0.0651. The van der Waals surface area contributed by atoms with Crippen molar-refractivity contribution in [3.63, 3.8) is 0 Å². The van der Waals surface area contributed by atoms with Crippen molar-refractivity contribution in [2.45, 2.75) is 46.3 Å². The molecule has 0 bridgehead atoms. The highest BCUT2D eigenvalue weighted by Crippen LogP contribution is 2.13. The highest BCUT2D eigenvalue weighted by atomic mass is 16.5. The molecule has 1 amide bonds. The number of ether oxygens (including phenoxy) is 1. The van der Waals surface area contributed by atoms with E-state index in [1.807, 2.05) is 49.9 Å². The third-order valence-corrected chi connectivity index (χ3v) is 3.42. The molecule has 1 rings (SSSR count). The minimum absolute atomic E-state index is 0.0651. The Morgan fingerprint density at radius 3 is 2.65 bits per heavy atom. The Balaban J connectivity index is 2.51. The third-order valence-electron chi connectivity index (χ3n) is 3.42. The SMILES string of the molecule is CCCN(CC(=O)Nc1ccccc1C)CC(O)COC(C)C. The molecule has 0 fully saturated rings. The molecule has 1 aromatic carbocycles. The van der Waals surface area contributed by atoms with Crippen molar-refractivity contribution in [2.75, 3.05) is 31.6 Å². The van der Waals surface area contributed by atoms with Crippen LogP contribution in [0.15, 0.2) is 24.3 Å². The number of carbonyl (C=O) groups is 1. The molecule has 1 unspecified atom stereocenters. The Morgan fingerprint density at radius 1 is 1.35 bits per heavy atom. The fraction of sp³-hybridized carbons (Fsp3) is 0.611. The van der Waals surface area contributed by atoms with Crippen molar-refractivity contribution in [1.82, 2.24) is 4.90 Å². The fourth-order valence-corrected chi connectivity index (χ4v) is 2.31. The van der Waals surface area contributed by atoms with Gasteiger partial charge in [-0.3, -0.25) is 9.69 Å². The van der Waals surface area contributed by atoms with E-state index < -0.39 is 6.10 Å². The van der Waals surface area contributed by atoms with Gasteiger partial charge in [-0.1, -0.05) is 25.1 Å². The molecular formula is C18H30N2O3. The average Bonchev–Trinajstić information content (AvgIpc) is 2.47. The first kappa shape index (κ1) is 19.6. The molecule has 0 aromatic heterocycles. The molecule has 0 saturated carbocycles. The minimum Gasteiger partial charge on any atom is -0.389 e. The molecule has 2 N–H and O–H groups in total. The van der Waals surface area contributed by atoms with Gasteiger partial charge in [0, 0.05) is 12.2 Å². The van der Waals surface area contributed by atoms with Gasteiger partial charge in [0.2, 0.25) is 5.91 Å². The summed E-state index contributed by atoms with van der Waals surface area (Å²) >= 11 is 0. The van der Waals surface area contributed by atoms with Crippen molar-refractivity contribution < 1.29 is 14.6 Å². The maximum Gasteiger partial charge on any atom is 0.238 e. The van der Waals surface area contributed by atoms with Crippen LogP contribution >= 0.6 is 0 Å². The van der Waals surface area contributed by atoms with Gasteiger partial charge in [-0.05, 0) is 45.4 Å². The molecule has 130 valence electrons. The maximum atomic E-state index is 12.2. The van der Waals surface area contributed by atoms with Crippen LogP contribution in [0.3, 0.4) is 0 Å². The number of nitrogens with zero attached hydrogens (tertiary/aromatic N) is 1. The zero-order valence-electron chi connectivity index (χ0n) is 14.7. The highest BCUT2D eigenvalue weighted by molar-refractivity contribution is 5.92. The predicted octanol–water partition coefficient (Wildman–Crippen LogP) is 2.43. The number of aryl methyl sites for hydroxylation is 1. The molecule has 1 aromatic rings. The van der Waals surface area contributed by atoms with Crippen molar-refractivity contribution in [3.05, 3.63) is 29.8 Å². The summed E-state index contributed by atoms with van der Waals surface area (Å²) in [5, 5.41) is 13.0. The van der Waals surface area contributed by atoms with Crippen LogP contribution in [0.5, 0.6) is 0 Å². The van der Waals surface area contributed by atoms with Crippen LogP contribution < -0.4 is 5.32 Å². The Morgan fingerprint density at radius 2 is 2.04 bits per heavy atom. The van der Waals surface area contributed by atoms with E-state index >= 15 is 0 Å². The van der Waals surface area contributed by atoms with Gasteiger partial charge in [0.05, 0.1) is 25.4 Å². The van der Waals surface area contributed by atoms with Crippen molar-refractivity contribution in [1.29, 1.82) is 0 Å². The van der Waals surface area contributed by atoms with Gasteiger partial charge in [-0.25, -0.2) is 0 Å². The largest absolute Gasteiger partial charge is 0.389 e. The van der Waals surface area contributed by atoms with Gasteiger partial charge in [-0.2, -0.15) is 0 Å². The van der Waals surface area contributed by atoms with Crippen molar-refractivity contribution >= 4 is 11.6 Å². The monoisotopic (exact) mass is 322 g/mol. The highest BCUT2D eigenvalue weighted by Gasteiger charge is 2.15. The lowest BCUT2D eigenvalue weighted by atomic mass is 10.2. The number of carbonyl (C=O) groups excluding carboxylic acids is 1. The Kier molecular flexibility index (Phi) is 8.84. The number of rotatable bonds is 10. The molecule has 0 spiro atoms. The van der Waals surface area contributed by atoms with Crippen LogP contribution in [0.1, 0.15) is 32.8 Å². The molecule has 23 heavy (non-hydrogen) atoms. The van der Waals surface area contributed by atoms with Crippen LogP contribution in [-0.2, 0) is 9.53 Å². The summed E-state index contributed by atoms with van der Waals surface area (Å²) in [6.45, 7) is 9.65. The van der Waals surface area contributed by atoms with Crippen molar-refractivity contribution in [2.24, 2.45) is 0 Å². The second kappa shape index (κ2) is 10.4. The van der Waals surface area contributed by atoms with Gasteiger partial charge in [0.25, 0.3) is 0 Å². The summed E-state index contributed by atoms with van der Waals surface area (Å²) in [6.07, 6.45) is 0.430. The van der Waals surface area contributed by atoms with Gasteiger partial charge >= 0.3 is 0 Å². The number of hydrogen-bond acceptors (Lipinski definition) is 4. The number of amides is 1. The van der Waals surface area contributed by atoms with Crippen LogP contribution in [0, 0.1) is 6.92 Å². The zero-order valence-corrected chi connectivity index (χ0v) is 14.7. The van der Waals surface area contributed by atoms with E-state index in [4.69, 9.17) is 4.74 Å². The number of nitrogens with one attached hydrogen (secondary N) is 1. The lowest BCUT2D eigenvalue weighted by Gasteiger charge is -2.24. The quantitative estimate of drug-likeness (QED) is 0.694. The smallest absolute Gasteiger partial charge is 0.238 e. The second-order valence-electron chi connectivity index (χ2n) is 6.13. The molecule has 0 aliphatic rings. The Labute approximate surface area is 139 Å². The molecular weight excluding hydrogens is 292 g/mol. The molecule has 0 heterocycles. The van der Waals surface area contributed by atoms with E-state index in [-0.39, 0.29) is 25.2 Å². The molecule has 0 radical (unpaired) electrons. The summed E-state index contributed by atoms with van der Waals surface area (Å²) in [7, 11) is 0. The zero-order chi connectivity index (χ0) is 17.2. The second-order valence-corrected chi connectivity index (χ2v) is 6.13. The molecule has 1 atom stereocenters. The van der Waals surface area contributed by atoms with E-state index in [2.05, 4.69) is 12.2 Å². The molecule has 5 heteroatoms. The summed E-state index contributed by atoms with van der Waals surface area (Å²) in [6, 6.07) is 7.70. The van der Waals surface area contributed by atoms with E-state index in [0.29, 0.717) is 6.54 Å². The number of aliphatic hydroxyl groups excluding tert-OH is 1. The first-order valence-corrected chi connectivity index (χ1v) is 8.29. The van der Waals surface area contributed by atoms with Gasteiger partial charge in [0.1, 0.15) is 0 Å². The number of para-hydroxylation sites is 1. The molecule has 0 aliphatic heterocycles. The average molecular weight is 322 g/mol. The van der Waals surface area contributed by atoms with Crippen LogP contribution in [-0.4, -0.2) is 54.4 Å². The summed E-state index contributed by atoms with van der Waals surface area (Å²) in [5.41, 5.74) is 1.87. The van der Waals surface area contributed by atoms with Crippen molar-refractivity contribution in [3.8, 4) is 0 Å². The lowest BCUT2D eigenvalue weighted by molar-refractivity contribution is -0.117. The van der Waals surface area contributed by atoms with Crippen LogP contribution in [0.2, 0.25) is 0 Å². The fourth-order valence-electron chi connectivity index (χ4n) is 2.31. The van der Waals surface area contributed by atoms with Crippen LogP contribution in [0.4, 0.5) is 5.69 Å². The first-order chi connectivity index (χ1) is 10.9. The van der Waals surface area contributed by atoms with Gasteiger partial charge in [-0.15, -0.1) is 0 Å². The molecule has 0 aliphatic carbocycles. The number of aliphatic hydroxyl groups is 1. The Hall–Kier alpha value is -1.43. The normalized spacial score (nSPS) is 12.7. The number of hydrogen-bond donors (Lipinski definition) is 2. The van der Waals surface area contributed by atoms with Gasteiger partial charge < -0.3 is 15.2 Å². The standard InChI is InChI=1S/C18H30N2O3/c1-5-10-20(11-16(21)13-23-14(2)3)12-18(22)19-17-9-7-6-8-15(17)4/h6-9,14,16,21H,5,10-13H2,1-4H3,(H,19,22). The van der Waals surface area contributed by atoms with Crippen LogP contribution in [0.25, 0.3) is 0 Å². The summed E-state index contributed by atoms with van der Waals surface area (Å²) < 4.78 is 5.42. The molecule has 5 nitrogen and oxygen atoms in total. The van der Waals surface area contributed by atoms with Gasteiger partial charge in [0.15, 0.2) is 0 Å². The number of anilines is 1. The first-order valence-electron chi connectivity index (χ1n) is 8.29. The number of benzene rings is 1. The van der Waals surface area contributed by atoms with E-state index in [1.54, 1.807) is 0 Å². The lowest BCUT2D eigenvalue weighted by Crippen LogP contribution is -2.40. The van der Waals surface area contributed by atoms with E-state index in [0.717, 1.165) is 24.2 Å². The maximum absolute atomic E-state index is 12.2. The minimum atomic E-state index is -0.588. The molecule has 0 saturated heterocycles. The summed E-state index contributed by atoms with van der Waals surface area (Å²) in [4.78, 5) is 14.2. The Bertz CT molecular complexity index is 477. The van der Waals surface area contributed by atoms with E-state index in [1.165, 1.54) is 0 Å². The van der Waals surface area contributed by atoms with E-state index in [9.17, 15) is 9.90 Å². The third kappa shape index (κ3) is 8.11. The topological polar surface area (TPSA) is 61.8 Å². The predicted molar refractivity (Wildman–Crippen MR) is 93.6 cm³/mol.